The van der Waals surface area contributed by atoms with Crippen LogP contribution in [0.3, 0.4) is 0 Å². The summed E-state index contributed by atoms with van der Waals surface area (Å²) in [5.41, 5.74) is 1.37. The number of hydrogen-bond acceptors (Lipinski definition) is 1. The third-order valence-electron chi connectivity index (χ3n) is 2.70. The third-order valence-corrected chi connectivity index (χ3v) is 2.70. The van der Waals surface area contributed by atoms with Crippen molar-refractivity contribution in [3.05, 3.63) is 36.5 Å². The van der Waals surface area contributed by atoms with Gasteiger partial charge in [-0.3, -0.25) is 0 Å². The van der Waals surface area contributed by atoms with Gasteiger partial charge in [0.15, 0.2) is 0 Å². The lowest BCUT2D eigenvalue weighted by atomic mass is 10.0. The minimum atomic E-state index is -0.859. The fourth-order valence-corrected chi connectivity index (χ4v) is 1.67. The molecule has 0 aromatic rings. The van der Waals surface area contributed by atoms with Crippen LogP contribution in [-0.2, 0) is 4.79 Å². The second kappa shape index (κ2) is 9.88. The van der Waals surface area contributed by atoms with Gasteiger partial charge in [0, 0.05) is 6.08 Å². The molecule has 0 aliphatic heterocycles. The SMILES string of the molecule is C=C/C=C(\C)CCCCCC(C)/C=C/C(=O)O. The number of carbonyl (C=O) groups is 1. The van der Waals surface area contributed by atoms with E-state index < -0.39 is 5.97 Å². The van der Waals surface area contributed by atoms with Crippen LogP contribution < -0.4 is 0 Å². The zero-order chi connectivity index (χ0) is 13.1. The van der Waals surface area contributed by atoms with Gasteiger partial charge in [-0.1, -0.05) is 50.1 Å². The van der Waals surface area contributed by atoms with E-state index in [1.165, 1.54) is 24.5 Å². The Morgan fingerprint density at radius 2 is 2.06 bits per heavy atom. The summed E-state index contributed by atoms with van der Waals surface area (Å²) < 4.78 is 0. The van der Waals surface area contributed by atoms with E-state index in [2.05, 4.69) is 26.5 Å². The van der Waals surface area contributed by atoms with E-state index in [0.29, 0.717) is 5.92 Å². The second-order valence-corrected chi connectivity index (χ2v) is 4.52. The number of unbranched alkanes of at least 4 members (excludes halogenated alkanes) is 2. The number of hydrogen-bond donors (Lipinski definition) is 1. The monoisotopic (exact) mass is 236 g/mol. The molecule has 0 radical (unpaired) electrons. The fraction of sp³-hybridized carbons (Fsp3) is 0.533. The van der Waals surface area contributed by atoms with Gasteiger partial charge >= 0.3 is 5.97 Å². The molecule has 0 bridgehead atoms. The Labute approximate surface area is 105 Å². The Hall–Kier alpha value is -1.31. The van der Waals surface area contributed by atoms with Crippen LogP contribution >= 0.6 is 0 Å². The molecule has 2 nitrogen and oxygen atoms in total. The Kier molecular flexibility index (Phi) is 9.12. The lowest BCUT2D eigenvalue weighted by molar-refractivity contribution is -0.131. The van der Waals surface area contributed by atoms with Crippen LogP contribution in [0.2, 0.25) is 0 Å². The molecule has 1 unspecified atom stereocenters. The normalized spacial score (nSPS) is 13.9. The first-order valence-electron chi connectivity index (χ1n) is 6.25. The van der Waals surface area contributed by atoms with Gasteiger partial charge in [-0.25, -0.2) is 4.79 Å². The first-order chi connectivity index (χ1) is 8.06. The highest BCUT2D eigenvalue weighted by Crippen LogP contribution is 2.14. The van der Waals surface area contributed by atoms with Crippen molar-refractivity contribution in [2.45, 2.75) is 46.0 Å². The molecule has 1 atom stereocenters. The molecule has 0 heterocycles. The van der Waals surface area contributed by atoms with E-state index in [0.717, 1.165) is 19.3 Å². The summed E-state index contributed by atoms with van der Waals surface area (Å²) in [5, 5.41) is 8.48. The minimum absolute atomic E-state index is 0.357. The van der Waals surface area contributed by atoms with Crippen molar-refractivity contribution in [3.8, 4) is 0 Å². The molecule has 2 heteroatoms. The van der Waals surface area contributed by atoms with Crippen molar-refractivity contribution in [2.75, 3.05) is 0 Å². The Balaban J connectivity index is 3.54. The maximum Gasteiger partial charge on any atom is 0.327 e. The maximum atomic E-state index is 10.3. The van der Waals surface area contributed by atoms with E-state index in [4.69, 9.17) is 5.11 Å². The Morgan fingerprint density at radius 1 is 1.35 bits per heavy atom. The summed E-state index contributed by atoms with van der Waals surface area (Å²) in [5.74, 6) is -0.502. The highest BCUT2D eigenvalue weighted by Gasteiger charge is 1.98. The smallest absolute Gasteiger partial charge is 0.327 e. The third kappa shape index (κ3) is 11.0. The maximum absolute atomic E-state index is 10.3. The van der Waals surface area contributed by atoms with Crippen molar-refractivity contribution >= 4 is 5.97 Å². The Morgan fingerprint density at radius 3 is 2.65 bits per heavy atom. The lowest BCUT2D eigenvalue weighted by Crippen LogP contribution is -1.93. The predicted octanol–water partition coefficient (Wildman–Crippen LogP) is 4.35. The summed E-state index contributed by atoms with van der Waals surface area (Å²) in [6, 6.07) is 0. The summed E-state index contributed by atoms with van der Waals surface area (Å²) in [6.45, 7) is 7.85. The molecule has 17 heavy (non-hydrogen) atoms. The minimum Gasteiger partial charge on any atom is -0.478 e. The molecule has 0 saturated heterocycles. The summed E-state index contributed by atoms with van der Waals surface area (Å²) in [6.07, 6.45) is 12.6. The summed E-state index contributed by atoms with van der Waals surface area (Å²) >= 11 is 0. The van der Waals surface area contributed by atoms with Crippen LogP contribution in [0.1, 0.15) is 46.0 Å². The molecular formula is C15H24O2. The molecule has 96 valence electrons. The molecule has 0 rings (SSSR count). The largest absolute Gasteiger partial charge is 0.478 e. The zero-order valence-electron chi connectivity index (χ0n) is 11.0. The van der Waals surface area contributed by atoms with Gasteiger partial charge in [-0.2, -0.15) is 0 Å². The average Bonchev–Trinajstić information content (AvgIpc) is 2.26. The molecule has 0 aromatic heterocycles. The Bertz CT molecular complexity index is 287. The van der Waals surface area contributed by atoms with Crippen molar-refractivity contribution in [1.29, 1.82) is 0 Å². The molecule has 0 amide bonds. The van der Waals surface area contributed by atoms with E-state index in [9.17, 15) is 4.79 Å². The molecule has 0 aromatic carbocycles. The van der Waals surface area contributed by atoms with E-state index in [-0.39, 0.29) is 0 Å². The summed E-state index contributed by atoms with van der Waals surface area (Å²) in [7, 11) is 0. The van der Waals surface area contributed by atoms with Crippen molar-refractivity contribution in [1.82, 2.24) is 0 Å². The number of allylic oxidation sites excluding steroid dienone is 4. The number of carboxylic acids is 1. The quantitative estimate of drug-likeness (QED) is 0.367. The molecule has 1 N–H and O–H groups in total. The van der Waals surface area contributed by atoms with Gasteiger partial charge < -0.3 is 5.11 Å². The zero-order valence-corrected chi connectivity index (χ0v) is 11.0. The molecule has 0 spiro atoms. The van der Waals surface area contributed by atoms with E-state index >= 15 is 0 Å². The van der Waals surface area contributed by atoms with Crippen LogP contribution in [0, 0.1) is 5.92 Å². The van der Waals surface area contributed by atoms with Crippen molar-refractivity contribution < 1.29 is 9.90 Å². The van der Waals surface area contributed by atoms with Crippen LogP contribution in [0.4, 0.5) is 0 Å². The van der Waals surface area contributed by atoms with E-state index in [1.54, 1.807) is 6.08 Å². The molecule has 0 fully saturated rings. The molecule has 0 aliphatic rings. The van der Waals surface area contributed by atoms with Crippen LogP contribution in [0.15, 0.2) is 36.5 Å². The highest BCUT2D eigenvalue weighted by atomic mass is 16.4. The molecule has 0 saturated carbocycles. The fourth-order valence-electron chi connectivity index (χ4n) is 1.67. The van der Waals surface area contributed by atoms with Gasteiger partial charge in [-0.15, -0.1) is 0 Å². The van der Waals surface area contributed by atoms with E-state index in [1.807, 2.05) is 6.08 Å². The number of carboxylic acid groups (broad SMARTS) is 1. The lowest BCUT2D eigenvalue weighted by Gasteiger charge is -2.05. The number of aliphatic carboxylic acids is 1. The second-order valence-electron chi connectivity index (χ2n) is 4.52. The van der Waals surface area contributed by atoms with Gasteiger partial charge in [0.05, 0.1) is 0 Å². The van der Waals surface area contributed by atoms with Crippen LogP contribution in [0.25, 0.3) is 0 Å². The number of rotatable bonds is 9. The molecular weight excluding hydrogens is 212 g/mol. The first kappa shape index (κ1) is 15.7. The first-order valence-corrected chi connectivity index (χ1v) is 6.25. The topological polar surface area (TPSA) is 37.3 Å². The highest BCUT2D eigenvalue weighted by molar-refractivity contribution is 5.79. The average molecular weight is 236 g/mol. The van der Waals surface area contributed by atoms with Crippen molar-refractivity contribution in [2.24, 2.45) is 5.92 Å². The van der Waals surface area contributed by atoms with Gasteiger partial charge in [0.25, 0.3) is 0 Å². The summed E-state index contributed by atoms with van der Waals surface area (Å²) in [4.78, 5) is 10.3. The van der Waals surface area contributed by atoms with Gasteiger partial charge in [-0.05, 0) is 32.1 Å². The van der Waals surface area contributed by atoms with Crippen LogP contribution in [0.5, 0.6) is 0 Å². The van der Waals surface area contributed by atoms with Crippen molar-refractivity contribution in [3.63, 3.8) is 0 Å². The van der Waals surface area contributed by atoms with Crippen LogP contribution in [-0.4, -0.2) is 11.1 Å². The standard InChI is InChI=1S/C15H24O2/c1-4-8-13(2)9-6-5-7-10-14(3)11-12-15(16)17/h4,8,11-12,14H,1,5-7,9-10H2,2-3H3,(H,16,17)/b12-11+,13-8+. The predicted molar refractivity (Wildman–Crippen MR) is 73.0 cm³/mol. The van der Waals surface area contributed by atoms with Gasteiger partial charge in [0.1, 0.15) is 0 Å². The molecule has 0 aliphatic carbocycles. The van der Waals surface area contributed by atoms with Gasteiger partial charge in [0.2, 0.25) is 0 Å².